The first kappa shape index (κ1) is 20.0. The number of hydrogen-bond acceptors (Lipinski definition) is 1. The molecule has 1 heteroatoms. The highest BCUT2D eigenvalue weighted by molar-refractivity contribution is 6.03. The third-order valence-corrected chi connectivity index (χ3v) is 7.01. The summed E-state index contributed by atoms with van der Waals surface area (Å²) in [6, 6.07) is 17.2. The topological polar surface area (TPSA) is 17.1 Å². The second-order valence-corrected chi connectivity index (χ2v) is 10.7. The fraction of sp³-hybridized carbons (Fsp3) is 0.300. The van der Waals surface area contributed by atoms with Gasteiger partial charge in [-0.3, -0.25) is 4.79 Å². The van der Waals surface area contributed by atoms with Crippen molar-refractivity contribution in [1.29, 1.82) is 0 Å². The standard InChI is InChI=1S/C30H30O/c1-19-14-26(21-8-6-20(18-31)7-9-21)24-10-11-25-23-12-13-29(2,3)16-22(23)17-30(4,5)28(25)27(24)15-19/h6-15,18H,16-17H2,1-5H3. The van der Waals surface area contributed by atoms with Crippen molar-refractivity contribution in [1.82, 2.24) is 0 Å². The molecule has 5 rings (SSSR count). The summed E-state index contributed by atoms with van der Waals surface area (Å²) >= 11 is 0. The van der Waals surface area contributed by atoms with Crippen molar-refractivity contribution in [3.63, 3.8) is 0 Å². The molecule has 0 radical (unpaired) electrons. The van der Waals surface area contributed by atoms with Gasteiger partial charge in [-0.25, -0.2) is 0 Å². The molecule has 0 saturated carbocycles. The second-order valence-electron chi connectivity index (χ2n) is 10.7. The number of benzene rings is 3. The normalized spacial score (nSPS) is 18.6. The Hall–Kier alpha value is -2.93. The lowest BCUT2D eigenvalue weighted by atomic mass is 9.64. The minimum atomic E-state index is 0.0847. The molecule has 0 aliphatic heterocycles. The molecule has 0 spiro atoms. The van der Waals surface area contributed by atoms with Gasteiger partial charge < -0.3 is 0 Å². The van der Waals surface area contributed by atoms with Gasteiger partial charge in [0, 0.05) is 5.56 Å². The van der Waals surface area contributed by atoms with E-state index in [1.54, 1.807) is 5.57 Å². The molecular formula is C30H30O. The monoisotopic (exact) mass is 406 g/mol. The van der Waals surface area contributed by atoms with Crippen molar-refractivity contribution in [2.24, 2.45) is 5.41 Å². The third kappa shape index (κ3) is 3.28. The van der Waals surface area contributed by atoms with Crippen molar-refractivity contribution in [2.75, 3.05) is 0 Å². The van der Waals surface area contributed by atoms with Gasteiger partial charge in [-0.15, -0.1) is 0 Å². The Balaban J connectivity index is 1.78. The second kappa shape index (κ2) is 6.79. The quantitative estimate of drug-likeness (QED) is 0.393. The van der Waals surface area contributed by atoms with Gasteiger partial charge in [0.25, 0.3) is 0 Å². The van der Waals surface area contributed by atoms with Crippen molar-refractivity contribution in [3.8, 4) is 11.1 Å². The Kier molecular flexibility index (Phi) is 4.38. The molecule has 1 nitrogen and oxygen atoms in total. The van der Waals surface area contributed by atoms with Crippen LogP contribution < -0.4 is 0 Å². The fourth-order valence-electron chi connectivity index (χ4n) is 5.70. The number of aldehydes is 1. The Morgan fingerprint density at radius 2 is 1.58 bits per heavy atom. The van der Waals surface area contributed by atoms with E-state index in [0.717, 1.165) is 24.7 Å². The van der Waals surface area contributed by atoms with Crippen LogP contribution in [0, 0.1) is 12.3 Å². The van der Waals surface area contributed by atoms with Crippen LogP contribution >= 0.6 is 0 Å². The molecular weight excluding hydrogens is 376 g/mol. The Labute approximate surface area is 185 Å². The van der Waals surface area contributed by atoms with Crippen LogP contribution in [0.5, 0.6) is 0 Å². The van der Waals surface area contributed by atoms with Gasteiger partial charge in [0.2, 0.25) is 0 Å². The maximum Gasteiger partial charge on any atom is 0.150 e. The molecule has 0 unspecified atom stereocenters. The molecule has 31 heavy (non-hydrogen) atoms. The molecule has 3 aromatic rings. The number of fused-ring (bicyclic) bond motifs is 4. The number of hydrogen-bond donors (Lipinski definition) is 0. The molecule has 156 valence electrons. The van der Waals surface area contributed by atoms with Gasteiger partial charge in [-0.05, 0) is 74.8 Å². The highest BCUT2D eigenvalue weighted by Gasteiger charge is 2.36. The van der Waals surface area contributed by atoms with Gasteiger partial charge in [-0.2, -0.15) is 0 Å². The molecule has 0 fully saturated rings. The zero-order chi connectivity index (χ0) is 22.0. The third-order valence-electron chi connectivity index (χ3n) is 7.01. The molecule has 0 N–H and O–H groups in total. The summed E-state index contributed by atoms with van der Waals surface area (Å²) in [5, 5.41) is 2.65. The number of rotatable bonds is 2. The van der Waals surface area contributed by atoms with Crippen LogP contribution in [-0.4, -0.2) is 6.29 Å². The minimum Gasteiger partial charge on any atom is -0.298 e. The van der Waals surface area contributed by atoms with E-state index in [1.807, 2.05) is 12.1 Å². The highest BCUT2D eigenvalue weighted by Crippen LogP contribution is 2.51. The van der Waals surface area contributed by atoms with E-state index in [0.29, 0.717) is 5.56 Å². The molecule has 3 aromatic carbocycles. The lowest BCUT2D eigenvalue weighted by molar-refractivity contribution is 0.112. The maximum absolute atomic E-state index is 11.1. The largest absolute Gasteiger partial charge is 0.298 e. The first-order valence-electron chi connectivity index (χ1n) is 11.2. The Morgan fingerprint density at radius 1 is 0.839 bits per heavy atom. The molecule has 0 atom stereocenters. The molecule has 0 amide bonds. The summed E-state index contributed by atoms with van der Waals surface area (Å²) in [4.78, 5) is 11.1. The van der Waals surface area contributed by atoms with Crippen LogP contribution in [0.15, 0.2) is 66.3 Å². The van der Waals surface area contributed by atoms with E-state index in [-0.39, 0.29) is 10.8 Å². The van der Waals surface area contributed by atoms with Gasteiger partial charge >= 0.3 is 0 Å². The van der Waals surface area contributed by atoms with Gasteiger partial charge in [0.05, 0.1) is 0 Å². The number of carbonyl (C=O) groups is 1. The van der Waals surface area contributed by atoms with Crippen LogP contribution in [0.3, 0.4) is 0 Å². The summed E-state index contributed by atoms with van der Waals surface area (Å²) in [6.07, 6.45) is 7.91. The average Bonchev–Trinajstić information content (AvgIpc) is 2.71. The molecule has 0 saturated heterocycles. The lowest BCUT2D eigenvalue weighted by Crippen LogP contribution is -2.28. The van der Waals surface area contributed by atoms with E-state index in [2.05, 4.69) is 83.2 Å². The van der Waals surface area contributed by atoms with Crippen molar-refractivity contribution >= 4 is 22.6 Å². The molecule has 0 bridgehead atoms. The summed E-state index contributed by atoms with van der Waals surface area (Å²) in [5.41, 5.74) is 10.6. The predicted molar refractivity (Wildman–Crippen MR) is 132 cm³/mol. The van der Waals surface area contributed by atoms with Crippen LogP contribution in [0.2, 0.25) is 0 Å². The Morgan fingerprint density at radius 3 is 2.29 bits per heavy atom. The summed E-state index contributed by atoms with van der Waals surface area (Å²) < 4.78 is 0. The summed E-state index contributed by atoms with van der Waals surface area (Å²) in [5.74, 6) is 0. The first-order chi connectivity index (χ1) is 14.7. The van der Waals surface area contributed by atoms with E-state index in [1.165, 1.54) is 38.6 Å². The van der Waals surface area contributed by atoms with E-state index >= 15 is 0 Å². The first-order valence-corrected chi connectivity index (χ1v) is 11.2. The van der Waals surface area contributed by atoms with Crippen LogP contribution in [0.1, 0.15) is 67.6 Å². The number of carbonyl (C=O) groups excluding carboxylic acids is 1. The Bertz CT molecular complexity index is 1280. The van der Waals surface area contributed by atoms with Crippen LogP contribution in [-0.2, 0) is 5.41 Å². The molecule has 2 aliphatic rings. The van der Waals surface area contributed by atoms with Gasteiger partial charge in [-0.1, -0.05) is 94.0 Å². The smallest absolute Gasteiger partial charge is 0.150 e. The van der Waals surface area contributed by atoms with E-state index in [4.69, 9.17) is 0 Å². The minimum absolute atomic E-state index is 0.0847. The fourth-order valence-corrected chi connectivity index (χ4v) is 5.70. The molecule has 0 heterocycles. The maximum atomic E-state index is 11.1. The number of aryl methyl sites for hydroxylation is 1. The zero-order valence-electron chi connectivity index (χ0n) is 19.2. The SMILES string of the molecule is Cc1cc(-c2ccc(C=O)cc2)c2ccc3c(c2c1)C(C)(C)CC1=C3C=CC(C)(C)C1. The highest BCUT2D eigenvalue weighted by atomic mass is 16.1. The van der Waals surface area contributed by atoms with Crippen molar-refractivity contribution in [2.45, 2.75) is 52.9 Å². The molecule has 0 aromatic heterocycles. The average molecular weight is 407 g/mol. The van der Waals surface area contributed by atoms with Gasteiger partial charge in [0.15, 0.2) is 0 Å². The molecule has 2 aliphatic carbocycles. The van der Waals surface area contributed by atoms with Crippen molar-refractivity contribution < 1.29 is 4.79 Å². The van der Waals surface area contributed by atoms with Crippen LogP contribution in [0.4, 0.5) is 0 Å². The predicted octanol–water partition coefficient (Wildman–Crippen LogP) is 8.05. The van der Waals surface area contributed by atoms with Gasteiger partial charge in [0.1, 0.15) is 6.29 Å². The van der Waals surface area contributed by atoms with Crippen LogP contribution in [0.25, 0.3) is 27.5 Å². The number of allylic oxidation sites excluding steroid dienone is 4. The summed E-state index contributed by atoms with van der Waals surface area (Å²) in [6.45, 7) is 11.7. The van der Waals surface area contributed by atoms with E-state index in [9.17, 15) is 4.79 Å². The van der Waals surface area contributed by atoms with Crippen molar-refractivity contribution in [3.05, 3.63) is 88.5 Å². The summed E-state index contributed by atoms with van der Waals surface area (Å²) in [7, 11) is 0. The zero-order valence-corrected chi connectivity index (χ0v) is 19.2. The lowest BCUT2D eigenvalue weighted by Gasteiger charge is -2.40. The van der Waals surface area contributed by atoms with E-state index < -0.39 is 0 Å².